The topological polar surface area (TPSA) is 23.8 Å². The molecule has 0 N–H and O–H groups in total. The largest absolute Gasteiger partial charge is 0.341 e. The molecule has 0 saturated carbocycles. The van der Waals surface area contributed by atoms with E-state index in [-0.39, 0.29) is 0 Å². The van der Waals surface area contributed by atoms with E-state index in [0.717, 1.165) is 31.7 Å². The molecule has 0 radical (unpaired) electrons. The summed E-state index contributed by atoms with van der Waals surface area (Å²) in [4.78, 5) is 0. The molecule has 0 rings (SSSR count). The first-order valence-electron chi connectivity index (χ1n) is 4.00. The maximum absolute atomic E-state index is 8.25. The van der Waals surface area contributed by atoms with Gasteiger partial charge in [-0.1, -0.05) is 19.3 Å². The highest BCUT2D eigenvalue weighted by atomic mass is 35.8. The van der Waals surface area contributed by atoms with Gasteiger partial charge in [0.05, 0.1) is 6.07 Å². The zero-order chi connectivity index (χ0) is 9.45. The predicted molar refractivity (Wildman–Crippen MR) is 56.8 cm³/mol. The van der Waals surface area contributed by atoms with Gasteiger partial charge in [0.1, 0.15) is 0 Å². The molecule has 0 aromatic carbocycles. The second kappa shape index (κ2) is 7.03. The molecular weight excluding hydrogens is 233 g/mol. The van der Waals surface area contributed by atoms with Gasteiger partial charge in [-0.05, 0) is 12.5 Å². The van der Waals surface area contributed by atoms with E-state index in [1.54, 1.807) is 0 Å². The summed E-state index contributed by atoms with van der Waals surface area (Å²) in [5.41, 5.74) is 0. The fourth-order valence-corrected chi connectivity index (χ4v) is 2.74. The van der Waals surface area contributed by atoms with Gasteiger partial charge in [0.15, 0.2) is 0 Å². The Morgan fingerprint density at radius 2 is 1.58 bits per heavy atom. The van der Waals surface area contributed by atoms with Gasteiger partial charge in [-0.2, -0.15) is 5.26 Å². The van der Waals surface area contributed by atoms with Crippen LogP contribution in [0, 0.1) is 11.3 Å². The van der Waals surface area contributed by atoms with Gasteiger partial charge >= 0.3 is 6.00 Å². The van der Waals surface area contributed by atoms with Crippen molar-refractivity contribution in [2.24, 2.45) is 0 Å². The molecule has 5 heteroatoms. The molecule has 0 aliphatic rings. The number of nitrogens with zero attached hydrogens (tertiary/aromatic N) is 1. The molecule has 0 amide bonds. The van der Waals surface area contributed by atoms with Gasteiger partial charge in [0.2, 0.25) is 0 Å². The summed E-state index contributed by atoms with van der Waals surface area (Å²) in [5.74, 6) is 0. The lowest BCUT2D eigenvalue weighted by atomic mass is 10.2. The van der Waals surface area contributed by atoms with E-state index in [4.69, 9.17) is 38.5 Å². The molecule has 1 nitrogen and oxygen atoms in total. The molecule has 0 aromatic heterocycles. The minimum Gasteiger partial charge on any atom is -0.198 e. The van der Waals surface area contributed by atoms with Crippen molar-refractivity contribution in [1.29, 1.82) is 5.26 Å². The Kier molecular flexibility index (Phi) is 7.36. The second-order valence-corrected chi connectivity index (χ2v) is 12.0. The standard InChI is InChI=1S/C7H12Cl3NSi/c8-12(9,10)7-5-3-1-2-4-6-11/h1-5,7H2. The van der Waals surface area contributed by atoms with E-state index in [1.165, 1.54) is 0 Å². The van der Waals surface area contributed by atoms with Gasteiger partial charge in [-0.25, -0.2) is 0 Å². The number of rotatable bonds is 6. The lowest BCUT2D eigenvalue weighted by Gasteiger charge is -2.05. The molecule has 0 aromatic rings. The Morgan fingerprint density at radius 3 is 2.08 bits per heavy atom. The van der Waals surface area contributed by atoms with Crippen molar-refractivity contribution in [3.63, 3.8) is 0 Å². The van der Waals surface area contributed by atoms with E-state index in [9.17, 15) is 0 Å². The summed E-state index contributed by atoms with van der Waals surface area (Å²) < 4.78 is 0. The number of hydrogen-bond acceptors (Lipinski definition) is 1. The van der Waals surface area contributed by atoms with Crippen molar-refractivity contribution in [2.75, 3.05) is 0 Å². The van der Waals surface area contributed by atoms with Gasteiger partial charge in [-0.15, -0.1) is 33.2 Å². The molecule has 70 valence electrons. The Morgan fingerprint density at radius 1 is 1.00 bits per heavy atom. The highest BCUT2D eigenvalue weighted by molar-refractivity contribution is 7.64. The number of unbranched alkanes of at least 4 members (excludes halogenated alkanes) is 4. The van der Waals surface area contributed by atoms with E-state index in [0.29, 0.717) is 6.42 Å². The van der Waals surface area contributed by atoms with Crippen LogP contribution in [0.1, 0.15) is 32.1 Å². The first-order chi connectivity index (χ1) is 5.56. The first-order valence-corrected chi connectivity index (χ1v) is 9.24. The molecule has 0 saturated heterocycles. The molecule has 0 aliphatic carbocycles. The third-order valence-electron chi connectivity index (χ3n) is 1.50. The third kappa shape index (κ3) is 10.6. The van der Waals surface area contributed by atoms with Crippen molar-refractivity contribution in [3.8, 4) is 6.07 Å². The zero-order valence-corrected chi connectivity index (χ0v) is 10.1. The van der Waals surface area contributed by atoms with E-state index < -0.39 is 6.00 Å². The van der Waals surface area contributed by atoms with Crippen LogP contribution in [0.4, 0.5) is 0 Å². The van der Waals surface area contributed by atoms with Gasteiger partial charge in [0, 0.05) is 6.42 Å². The normalized spacial score (nSPS) is 11.2. The highest BCUT2D eigenvalue weighted by Gasteiger charge is 2.23. The monoisotopic (exact) mass is 243 g/mol. The summed E-state index contributed by atoms with van der Waals surface area (Å²) in [5, 5.41) is 8.25. The minimum absolute atomic E-state index is 0.644. The van der Waals surface area contributed by atoms with Crippen LogP contribution in [0.5, 0.6) is 0 Å². The molecule has 12 heavy (non-hydrogen) atoms. The third-order valence-corrected chi connectivity index (χ3v) is 4.12. The molecule has 0 bridgehead atoms. The number of halogens is 3. The first kappa shape index (κ1) is 12.6. The van der Waals surface area contributed by atoms with Crippen LogP contribution in [0.2, 0.25) is 6.04 Å². The molecule has 0 heterocycles. The molecule has 0 atom stereocenters. The van der Waals surface area contributed by atoms with E-state index in [1.807, 2.05) is 0 Å². The van der Waals surface area contributed by atoms with Crippen molar-refractivity contribution < 1.29 is 0 Å². The quantitative estimate of drug-likeness (QED) is 0.392. The molecule has 0 spiro atoms. The maximum Gasteiger partial charge on any atom is 0.341 e. The summed E-state index contributed by atoms with van der Waals surface area (Å²) in [6.07, 6.45) is 4.74. The van der Waals surface area contributed by atoms with Crippen LogP contribution in [0.3, 0.4) is 0 Å². The highest BCUT2D eigenvalue weighted by Crippen LogP contribution is 2.27. The molecule has 0 fully saturated rings. The van der Waals surface area contributed by atoms with Crippen molar-refractivity contribution in [2.45, 2.75) is 38.1 Å². The van der Waals surface area contributed by atoms with Crippen LogP contribution < -0.4 is 0 Å². The van der Waals surface area contributed by atoms with Crippen LogP contribution in [-0.2, 0) is 0 Å². The van der Waals surface area contributed by atoms with Crippen molar-refractivity contribution in [3.05, 3.63) is 0 Å². The fraction of sp³-hybridized carbons (Fsp3) is 0.857. The molecule has 0 aliphatic heterocycles. The van der Waals surface area contributed by atoms with Crippen LogP contribution in [-0.4, -0.2) is 6.00 Å². The summed E-state index contributed by atoms with van der Waals surface area (Å²) >= 11 is 17.1. The average Bonchev–Trinajstić information content (AvgIpc) is 1.94. The smallest absolute Gasteiger partial charge is 0.198 e. The summed E-state index contributed by atoms with van der Waals surface area (Å²) in [6.45, 7) is 0. The zero-order valence-electron chi connectivity index (χ0n) is 6.82. The molecule has 0 unspecified atom stereocenters. The Labute approximate surface area is 88.7 Å². The maximum atomic E-state index is 8.25. The Hall–Kier alpha value is 0.577. The summed E-state index contributed by atoms with van der Waals surface area (Å²) in [7, 11) is 0. The predicted octanol–water partition coefficient (Wildman–Crippen LogP) is 4.12. The van der Waals surface area contributed by atoms with Crippen LogP contribution in [0.15, 0.2) is 0 Å². The van der Waals surface area contributed by atoms with Crippen molar-refractivity contribution >= 4 is 39.2 Å². The Bertz CT molecular complexity index is 150. The SMILES string of the molecule is N#CCCCCCC[Si](Cl)(Cl)Cl. The summed E-state index contributed by atoms with van der Waals surface area (Å²) in [6, 6.07) is 0.472. The van der Waals surface area contributed by atoms with Gasteiger partial charge < -0.3 is 0 Å². The average molecular weight is 245 g/mol. The van der Waals surface area contributed by atoms with Crippen LogP contribution >= 0.6 is 33.2 Å². The lowest BCUT2D eigenvalue weighted by molar-refractivity contribution is 0.676. The van der Waals surface area contributed by atoms with E-state index >= 15 is 0 Å². The van der Waals surface area contributed by atoms with Crippen LogP contribution in [0.25, 0.3) is 0 Å². The number of hydrogen-bond donors (Lipinski definition) is 0. The fourth-order valence-electron chi connectivity index (χ4n) is 0.883. The van der Waals surface area contributed by atoms with Gasteiger partial charge in [0.25, 0.3) is 0 Å². The minimum atomic E-state index is -2.37. The lowest BCUT2D eigenvalue weighted by Crippen LogP contribution is -2.07. The second-order valence-electron chi connectivity index (χ2n) is 2.69. The number of nitriles is 1. The van der Waals surface area contributed by atoms with Gasteiger partial charge in [-0.3, -0.25) is 0 Å². The molecular formula is C7H12Cl3NSi. The van der Waals surface area contributed by atoms with E-state index in [2.05, 4.69) is 6.07 Å². The van der Waals surface area contributed by atoms with Crippen molar-refractivity contribution in [1.82, 2.24) is 0 Å². The Balaban J connectivity index is 3.07.